The predicted octanol–water partition coefficient (Wildman–Crippen LogP) is 7.16. The van der Waals surface area contributed by atoms with Crippen LogP contribution in [0, 0.1) is 17.8 Å². The van der Waals surface area contributed by atoms with Gasteiger partial charge < -0.3 is 49.3 Å². The van der Waals surface area contributed by atoms with Crippen molar-refractivity contribution in [2.75, 3.05) is 34.0 Å². The number of rotatable bonds is 9. The number of H-pyrrole nitrogens is 2. The number of aromatic nitrogens is 4. The molecule has 16 heteroatoms. The van der Waals surface area contributed by atoms with Crippen molar-refractivity contribution < 1.29 is 38.1 Å². The molecule has 4 N–H and O–H groups in total. The molecule has 3 aromatic carbocycles. The molecule has 3 fully saturated rings. The lowest BCUT2D eigenvalue weighted by atomic mass is 9.90. The van der Waals surface area contributed by atoms with Crippen molar-refractivity contribution in [3.05, 3.63) is 65.9 Å². The van der Waals surface area contributed by atoms with Gasteiger partial charge in [0.2, 0.25) is 11.8 Å². The first-order chi connectivity index (χ1) is 30.4. The van der Waals surface area contributed by atoms with Gasteiger partial charge in [-0.2, -0.15) is 0 Å². The quantitative estimate of drug-likeness (QED) is 0.118. The number of aromatic amines is 2. The summed E-state index contributed by atoms with van der Waals surface area (Å²) in [6.07, 6.45) is 4.24. The van der Waals surface area contributed by atoms with Crippen LogP contribution in [-0.2, 0) is 30.4 Å². The van der Waals surface area contributed by atoms with E-state index in [1.54, 1.807) is 0 Å². The Kier molecular flexibility index (Phi) is 11.5. The summed E-state index contributed by atoms with van der Waals surface area (Å²) in [5.41, 5.74) is 6.59. The molecule has 0 aliphatic carbocycles. The van der Waals surface area contributed by atoms with Gasteiger partial charge in [-0.05, 0) is 103 Å². The molecule has 63 heavy (non-hydrogen) atoms. The number of benzene rings is 3. The number of hydrogen-bond acceptors (Lipinski definition) is 10. The highest BCUT2D eigenvalue weighted by molar-refractivity contribution is 6.07. The second-order valence-electron chi connectivity index (χ2n) is 17.9. The molecule has 0 radical (unpaired) electrons. The van der Waals surface area contributed by atoms with Gasteiger partial charge in [0.25, 0.3) is 0 Å². The monoisotopic (exact) mass is 860 g/mol. The topological polar surface area (TPSA) is 193 Å². The number of methoxy groups -OCH3 is 2. The molecule has 0 spiro atoms. The minimum Gasteiger partial charge on any atom is -0.488 e. The maximum absolute atomic E-state index is 14.3. The van der Waals surface area contributed by atoms with Crippen molar-refractivity contribution in [1.29, 1.82) is 0 Å². The van der Waals surface area contributed by atoms with Crippen LogP contribution in [0.5, 0.6) is 5.75 Å². The lowest BCUT2D eigenvalue weighted by molar-refractivity contribution is -0.138. The van der Waals surface area contributed by atoms with Gasteiger partial charge in [-0.25, -0.2) is 19.6 Å². The number of nitrogens with zero attached hydrogens (tertiary/aromatic N) is 4. The van der Waals surface area contributed by atoms with Crippen LogP contribution in [0.3, 0.4) is 0 Å². The lowest BCUT2D eigenvalue weighted by Gasteiger charge is -2.36. The first kappa shape index (κ1) is 42.2. The number of ether oxygens (including phenoxy) is 4. The molecule has 6 atom stereocenters. The van der Waals surface area contributed by atoms with Crippen LogP contribution in [0.1, 0.15) is 89.1 Å². The Hall–Kier alpha value is -6.16. The average molecular weight is 861 g/mol. The molecule has 0 bridgehead atoms. The van der Waals surface area contributed by atoms with Crippen molar-refractivity contribution in [2.24, 2.45) is 17.8 Å². The van der Waals surface area contributed by atoms with Crippen molar-refractivity contribution in [1.82, 2.24) is 40.4 Å². The first-order valence-electron chi connectivity index (χ1n) is 22.1. The van der Waals surface area contributed by atoms with Gasteiger partial charge in [-0.3, -0.25) is 9.59 Å². The zero-order valence-electron chi connectivity index (χ0n) is 36.7. The summed E-state index contributed by atoms with van der Waals surface area (Å²) in [7, 11) is 2.60. The summed E-state index contributed by atoms with van der Waals surface area (Å²) < 4.78 is 21.7. The third-order valence-corrected chi connectivity index (χ3v) is 13.5. The standard InChI is InChI=1S/C47H56N8O8/c1-24(2)39(52-46(58)60-5)44(56)54-22-25(3)17-37(54)43-49-34-11-9-28-19-33-31-10-8-29(18-30(31)23-63-38(33)20-32(28)41(34)51-43)35-21-48-42(50-35)36-12-7-26(4)55(36)45(57)40(53-47(59)61-6)27-13-15-62-16-14-27/h8-11,18-21,24-27,36-37,39-40H,7,12-17,22-23H2,1-6H3,(H,48,50)(H,49,51)(H,52,58)(H,53,59)/t25-,26-,36-,37?,39-,40-/m0/s1. The number of likely N-dealkylation sites (tertiary alicyclic amines) is 2. The fourth-order valence-electron chi connectivity index (χ4n) is 10.1. The van der Waals surface area contributed by atoms with Gasteiger partial charge >= 0.3 is 12.2 Å². The maximum Gasteiger partial charge on any atom is 0.407 e. The van der Waals surface area contributed by atoms with E-state index in [-0.39, 0.29) is 47.7 Å². The molecule has 5 aromatic rings. The minimum atomic E-state index is -0.723. The van der Waals surface area contributed by atoms with Crippen LogP contribution >= 0.6 is 0 Å². The molecule has 0 saturated carbocycles. The number of nitrogens with one attached hydrogen (secondary N) is 4. The molecule has 2 aromatic heterocycles. The normalized spacial score (nSPS) is 22.1. The highest BCUT2D eigenvalue weighted by Gasteiger charge is 2.44. The van der Waals surface area contributed by atoms with Gasteiger partial charge in [0.1, 0.15) is 36.1 Å². The number of imidazole rings is 2. The molecular formula is C47H56N8O8. The summed E-state index contributed by atoms with van der Waals surface area (Å²) >= 11 is 0. The third kappa shape index (κ3) is 7.93. The number of amides is 4. The van der Waals surface area contributed by atoms with Gasteiger partial charge in [0, 0.05) is 36.8 Å². The summed E-state index contributed by atoms with van der Waals surface area (Å²) in [5.74, 6) is 1.99. The van der Waals surface area contributed by atoms with E-state index in [2.05, 4.69) is 63.9 Å². The Morgan fingerprint density at radius 2 is 1.63 bits per heavy atom. The summed E-state index contributed by atoms with van der Waals surface area (Å²) in [5, 5.41) is 7.57. The smallest absolute Gasteiger partial charge is 0.407 e. The van der Waals surface area contributed by atoms with Crippen molar-refractivity contribution in [2.45, 2.75) is 96.6 Å². The lowest BCUT2D eigenvalue weighted by Crippen LogP contribution is -2.54. The number of hydrogen-bond donors (Lipinski definition) is 4. The van der Waals surface area contributed by atoms with Gasteiger partial charge in [0.05, 0.1) is 49.2 Å². The first-order valence-corrected chi connectivity index (χ1v) is 22.1. The number of fused-ring (bicyclic) bond motifs is 6. The van der Waals surface area contributed by atoms with Crippen molar-refractivity contribution in [3.8, 4) is 28.1 Å². The van der Waals surface area contributed by atoms with E-state index in [4.69, 9.17) is 28.9 Å². The Bertz CT molecular complexity index is 2560. The van der Waals surface area contributed by atoms with Crippen LogP contribution in [0.25, 0.3) is 44.2 Å². The number of carbonyl (C=O) groups excluding carboxylic acids is 4. The minimum absolute atomic E-state index is 0.0284. The number of carbonyl (C=O) groups is 4. The fourth-order valence-corrected chi connectivity index (χ4v) is 10.1. The molecule has 3 saturated heterocycles. The predicted molar refractivity (Wildman–Crippen MR) is 235 cm³/mol. The van der Waals surface area contributed by atoms with Crippen molar-refractivity contribution >= 4 is 45.8 Å². The second-order valence-corrected chi connectivity index (χ2v) is 17.9. The molecular weight excluding hydrogens is 805 g/mol. The Labute approximate surface area is 365 Å². The molecule has 4 amide bonds. The molecule has 6 heterocycles. The second kappa shape index (κ2) is 17.2. The molecule has 4 aliphatic heterocycles. The third-order valence-electron chi connectivity index (χ3n) is 13.5. The zero-order valence-corrected chi connectivity index (χ0v) is 36.7. The van der Waals surface area contributed by atoms with Crippen LogP contribution in [0.15, 0.2) is 48.7 Å². The Balaban J connectivity index is 0.960. The molecule has 16 nitrogen and oxygen atoms in total. The van der Waals surface area contributed by atoms with Crippen LogP contribution in [0.4, 0.5) is 9.59 Å². The molecule has 1 unspecified atom stereocenters. The van der Waals surface area contributed by atoms with E-state index >= 15 is 0 Å². The maximum atomic E-state index is 14.3. The van der Waals surface area contributed by atoms with E-state index in [0.29, 0.717) is 50.9 Å². The van der Waals surface area contributed by atoms with E-state index in [1.807, 2.05) is 42.8 Å². The van der Waals surface area contributed by atoms with E-state index < -0.39 is 24.3 Å². The summed E-state index contributed by atoms with van der Waals surface area (Å²) in [6, 6.07) is 12.6. The average Bonchev–Trinajstić information content (AvgIpc) is 4.12. The van der Waals surface area contributed by atoms with Crippen LogP contribution < -0.4 is 15.4 Å². The SMILES string of the molecule is COC(=O)N[C@H](C(=O)N1C[C@@H](C)CC1c1nc2ccc3cc4c(cc3c2[nH]1)OCc1cc(-c2cnc([C@@H]3CC[C@H](C)N3C(=O)[C@@H](NC(=O)OC)C3CCOCC3)[nH]2)ccc1-4)C(C)C. The highest BCUT2D eigenvalue weighted by Crippen LogP contribution is 2.44. The van der Waals surface area contributed by atoms with E-state index in [0.717, 1.165) is 74.8 Å². The molecule has 4 aliphatic rings. The molecule has 9 rings (SSSR count). The zero-order chi connectivity index (χ0) is 44.1. The van der Waals surface area contributed by atoms with Gasteiger partial charge in [-0.15, -0.1) is 0 Å². The fraction of sp³-hybridized carbons (Fsp3) is 0.489. The van der Waals surface area contributed by atoms with Crippen LogP contribution in [0.2, 0.25) is 0 Å². The Morgan fingerprint density at radius 3 is 2.40 bits per heavy atom. The highest BCUT2D eigenvalue weighted by atomic mass is 16.5. The van der Waals surface area contributed by atoms with E-state index in [9.17, 15) is 19.2 Å². The van der Waals surface area contributed by atoms with Gasteiger partial charge in [-0.1, -0.05) is 39.0 Å². The largest absolute Gasteiger partial charge is 0.488 e. The van der Waals surface area contributed by atoms with Crippen LogP contribution in [-0.4, -0.2) is 106 Å². The number of alkyl carbamates (subject to hydrolysis) is 2. The summed E-state index contributed by atoms with van der Waals surface area (Å²) in [4.78, 5) is 73.4. The molecule has 332 valence electrons. The van der Waals surface area contributed by atoms with Gasteiger partial charge in [0.15, 0.2) is 0 Å². The van der Waals surface area contributed by atoms with E-state index in [1.165, 1.54) is 14.2 Å². The summed E-state index contributed by atoms with van der Waals surface area (Å²) in [6.45, 7) is 10.0. The van der Waals surface area contributed by atoms with Crippen molar-refractivity contribution in [3.63, 3.8) is 0 Å². The Morgan fingerprint density at radius 1 is 0.857 bits per heavy atom.